The van der Waals surface area contributed by atoms with E-state index in [0.717, 1.165) is 24.2 Å². The van der Waals surface area contributed by atoms with Gasteiger partial charge in [0, 0.05) is 12.2 Å². The van der Waals surface area contributed by atoms with E-state index < -0.39 is 0 Å². The van der Waals surface area contributed by atoms with Crippen LogP contribution in [0.2, 0.25) is 0 Å². The Morgan fingerprint density at radius 2 is 2.05 bits per heavy atom. The van der Waals surface area contributed by atoms with Crippen LogP contribution in [0.5, 0.6) is 0 Å². The van der Waals surface area contributed by atoms with Gasteiger partial charge in [-0.05, 0) is 25.0 Å². The Morgan fingerprint density at radius 3 is 2.68 bits per heavy atom. The second kappa shape index (κ2) is 6.02. The minimum Gasteiger partial charge on any atom is -0.391 e. The summed E-state index contributed by atoms with van der Waals surface area (Å²) in [4.78, 5) is 4.39. The van der Waals surface area contributed by atoms with Crippen molar-refractivity contribution >= 4 is 11.6 Å². The molecule has 5 nitrogen and oxygen atoms in total. The fourth-order valence-electron chi connectivity index (χ4n) is 2.31. The predicted molar refractivity (Wildman–Crippen MR) is 76.3 cm³/mol. The van der Waals surface area contributed by atoms with Crippen molar-refractivity contribution in [2.45, 2.75) is 39.7 Å². The number of fused-ring (bicyclic) bond motifs is 1. The molecule has 0 aliphatic carbocycles. The highest BCUT2D eigenvalue weighted by Gasteiger charge is 2.15. The predicted octanol–water partition coefficient (Wildman–Crippen LogP) is 2.25. The number of nitrogens with zero attached hydrogens (tertiary/aromatic N) is 3. The van der Waals surface area contributed by atoms with Gasteiger partial charge < -0.3 is 10.4 Å². The molecule has 2 aromatic rings. The zero-order valence-corrected chi connectivity index (χ0v) is 11.8. The highest BCUT2D eigenvalue weighted by atomic mass is 16.3. The molecule has 0 saturated carbocycles. The molecule has 2 aromatic heterocycles. The summed E-state index contributed by atoms with van der Waals surface area (Å²) in [5.74, 6) is 0.894. The number of anilines is 1. The molecular formula is C14H22N4O. The largest absolute Gasteiger partial charge is 0.391 e. The fraction of sp³-hybridized carbons (Fsp3) is 0.571. The molecule has 0 spiro atoms. The smallest absolute Gasteiger partial charge is 0.243 e. The van der Waals surface area contributed by atoms with Gasteiger partial charge in [-0.15, -0.1) is 5.10 Å². The maximum Gasteiger partial charge on any atom is 0.243 e. The van der Waals surface area contributed by atoms with Crippen LogP contribution in [0.25, 0.3) is 5.65 Å². The summed E-state index contributed by atoms with van der Waals surface area (Å²) in [6.45, 7) is 6.68. The van der Waals surface area contributed by atoms with Crippen LogP contribution in [0.1, 0.15) is 32.4 Å². The molecule has 0 radical (unpaired) electrons. The van der Waals surface area contributed by atoms with E-state index in [1.165, 1.54) is 0 Å². The lowest BCUT2D eigenvalue weighted by Crippen LogP contribution is -2.28. The Morgan fingerprint density at radius 1 is 1.32 bits per heavy atom. The monoisotopic (exact) mass is 262 g/mol. The molecule has 0 saturated heterocycles. The van der Waals surface area contributed by atoms with Crippen LogP contribution in [0, 0.1) is 12.8 Å². The van der Waals surface area contributed by atoms with Crippen LogP contribution in [0.3, 0.4) is 0 Å². The summed E-state index contributed by atoms with van der Waals surface area (Å²) in [6, 6.07) is 5.87. The first-order chi connectivity index (χ1) is 9.15. The van der Waals surface area contributed by atoms with Crippen molar-refractivity contribution in [1.29, 1.82) is 0 Å². The van der Waals surface area contributed by atoms with Gasteiger partial charge in [0.05, 0.1) is 6.10 Å². The molecule has 2 heterocycles. The first-order valence-corrected chi connectivity index (χ1v) is 6.90. The van der Waals surface area contributed by atoms with Crippen molar-refractivity contribution in [1.82, 2.24) is 14.6 Å². The number of aromatic nitrogens is 3. The molecule has 2 N–H and O–H groups in total. The van der Waals surface area contributed by atoms with Crippen LogP contribution >= 0.6 is 0 Å². The fourth-order valence-corrected chi connectivity index (χ4v) is 2.31. The van der Waals surface area contributed by atoms with Gasteiger partial charge >= 0.3 is 0 Å². The molecule has 1 atom stereocenters. The number of nitrogens with one attached hydrogen (secondary N) is 1. The zero-order valence-electron chi connectivity index (χ0n) is 11.8. The van der Waals surface area contributed by atoms with Crippen LogP contribution in [0.15, 0.2) is 18.2 Å². The van der Waals surface area contributed by atoms with Crippen LogP contribution in [-0.4, -0.2) is 32.4 Å². The standard InChI is InChI=1S/C14H22N4O/c1-4-11(5-2)12(19)9-15-14-16-13-8-6-7-10(3)18(13)17-14/h6-8,11-12,19H,4-5,9H2,1-3H3,(H,15,17). The number of hydrogen-bond acceptors (Lipinski definition) is 4. The van der Waals surface area contributed by atoms with E-state index in [9.17, 15) is 5.11 Å². The molecule has 1 unspecified atom stereocenters. The molecule has 0 fully saturated rings. The summed E-state index contributed by atoms with van der Waals surface area (Å²) in [6.07, 6.45) is 1.61. The van der Waals surface area contributed by atoms with Crippen molar-refractivity contribution in [3.8, 4) is 0 Å². The molecule has 104 valence electrons. The molecular weight excluding hydrogens is 240 g/mol. The first-order valence-electron chi connectivity index (χ1n) is 6.90. The van der Waals surface area contributed by atoms with Gasteiger partial charge in [-0.3, -0.25) is 0 Å². The topological polar surface area (TPSA) is 62.5 Å². The average Bonchev–Trinajstić information content (AvgIpc) is 2.82. The quantitative estimate of drug-likeness (QED) is 0.838. The highest BCUT2D eigenvalue weighted by Crippen LogP contribution is 2.14. The number of hydrogen-bond donors (Lipinski definition) is 2. The van der Waals surface area contributed by atoms with E-state index >= 15 is 0 Å². The van der Waals surface area contributed by atoms with Crippen LogP contribution in [-0.2, 0) is 0 Å². The van der Waals surface area contributed by atoms with E-state index in [4.69, 9.17) is 0 Å². The Labute approximate surface area is 113 Å². The van der Waals surface area contributed by atoms with Gasteiger partial charge in [0.15, 0.2) is 5.65 Å². The third-order valence-corrected chi connectivity index (χ3v) is 3.61. The summed E-state index contributed by atoms with van der Waals surface area (Å²) in [5, 5.41) is 17.6. The van der Waals surface area contributed by atoms with E-state index in [2.05, 4.69) is 29.2 Å². The average molecular weight is 262 g/mol. The maximum absolute atomic E-state index is 10.1. The van der Waals surface area contributed by atoms with Crippen molar-refractivity contribution in [3.05, 3.63) is 23.9 Å². The van der Waals surface area contributed by atoms with E-state index in [-0.39, 0.29) is 6.10 Å². The summed E-state index contributed by atoms with van der Waals surface area (Å²) in [5.41, 5.74) is 1.86. The second-order valence-corrected chi connectivity index (χ2v) is 4.90. The van der Waals surface area contributed by atoms with Gasteiger partial charge in [0.2, 0.25) is 5.95 Å². The van der Waals surface area contributed by atoms with Gasteiger partial charge in [-0.25, -0.2) is 4.52 Å². The summed E-state index contributed by atoms with van der Waals surface area (Å²) < 4.78 is 1.80. The molecule has 0 amide bonds. The number of pyridine rings is 1. The number of rotatable bonds is 6. The van der Waals surface area contributed by atoms with Gasteiger partial charge in [-0.2, -0.15) is 4.98 Å². The second-order valence-electron chi connectivity index (χ2n) is 4.90. The number of aryl methyl sites for hydroxylation is 1. The van der Waals surface area contributed by atoms with E-state index in [0.29, 0.717) is 18.4 Å². The Bertz CT molecular complexity index is 533. The van der Waals surface area contributed by atoms with Crippen LogP contribution < -0.4 is 5.32 Å². The molecule has 2 rings (SSSR count). The number of aliphatic hydroxyl groups excluding tert-OH is 1. The van der Waals surface area contributed by atoms with Gasteiger partial charge in [0.25, 0.3) is 0 Å². The highest BCUT2D eigenvalue weighted by molar-refractivity contribution is 5.44. The normalized spacial score (nSPS) is 13.1. The molecule has 0 aliphatic rings. The Kier molecular flexibility index (Phi) is 4.37. The molecule has 5 heteroatoms. The molecule has 19 heavy (non-hydrogen) atoms. The van der Waals surface area contributed by atoms with Crippen molar-refractivity contribution in [2.75, 3.05) is 11.9 Å². The molecule has 0 bridgehead atoms. The van der Waals surface area contributed by atoms with Crippen molar-refractivity contribution < 1.29 is 5.11 Å². The lowest BCUT2D eigenvalue weighted by Gasteiger charge is -2.19. The Hall–Kier alpha value is -1.62. The lowest BCUT2D eigenvalue weighted by molar-refractivity contribution is 0.114. The number of aliphatic hydroxyl groups is 1. The first kappa shape index (κ1) is 13.8. The lowest BCUT2D eigenvalue weighted by atomic mass is 9.97. The zero-order chi connectivity index (χ0) is 13.8. The molecule has 0 aliphatic heterocycles. The third kappa shape index (κ3) is 3.04. The minimum absolute atomic E-state index is 0.325. The van der Waals surface area contributed by atoms with E-state index in [1.807, 2.05) is 25.1 Å². The van der Waals surface area contributed by atoms with Crippen molar-refractivity contribution in [2.24, 2.45) is 5.92 Å². The summed E-state index contributed by atoms with van der Waals surface area (Å²) >= 11 is 0. The maximum atomic E-state index is 10.1. The van der Waals surface area contributed by atoms with Crippen molar-refractivity contribution in [3.63, 3.8) is 0 Å². The van der Waals surface area contributed by atoms with Gasteiger partial charge in [0.1, 0.15) is 0 Å². The van der Waals surface area contributed by atoms with Gasteiger partial charge in [-0.1, -0.05) is 32.8 Å². The third-order valence-electron chi connectivity index (χ3n) is 3.61. The Balaban J connectivity index is 2.04. The summed E-state index contributed by atoms with van der Waals surface area (Å²) in [7, 11) is 0. The van der Waals surface area contributed by atoms with Crippen LogP contribution in [0.4, 0.5) is 5.95 Å². The van der Waals surface area contributed by atoms with E-state index in [1.54, 1.807) is 4.52 Å². The SMILES string of the molecule is CCC(CC)C(O)CNc1nc2cccc(C)n2n1. The molecule has 0 aromatic carbocycles. The minimum atomic E-state index is -0.359.